The van der Waals surface area contributed by atoms with Crippen molar-refractivity contribution in [1.82, 2.24) is 4.90 Å². The minimum atomic E-state index is -0.369. The highest BCUT2D eigenvalue weighted by atomic mass is 16.5. The highest BCUT2D eigenvalue weighted by Gasteiger charge is 2.18. The van der Waals surface area contributed by atoms with Gasteiger partial charge in [-0.25, -0.2) is 4.79 Å². The third-order valence-electron chi connectivity index (χ3n) is 4.52. The van der Waals surface area contributed by atoms with Crippen LogP contribution in [0.5, 0.6) is 5.75 Å². The second kappa shape index (κ2) is 6.50. The molecule has 5 heteroatoms. The zero-order chi connectivity index (χ0) is 18.3. The van der Waals surface area contributed by atoms with E-state index in [0.717, 1.165) is 40.3 Å². The molecule has 0 spiro atoms. The lowest BCUT2D eigenvalue weighted by Crippen LogP contribution is -2.15. The smallest absolute Gasteiger partial charge is 0.336 e. The Morgan fingerprint density at radius 3 is 2.65 bits per heavy atom. The van der Waals surface area contributed by atoms with Crippen molar-refractivity contribution < 1.29 is 13.6 Å². The van der Waals surface area contributed by atoms with Gasteiger partial charge in [0.1, 0.15) is 16.9 Å². The molecule has 5 nitrogen and oxygen atoms in total. The quantitative estimate of drug-likeness (QED) is 0.396. The van der Waals surface area contributed by atoms with E-state index >= 15 is 0 Å². The second-order valence-electron chi connectivity index (χ2n) is 6.80. The van der Waals surface area contributed by atoms with E-state index in [2.05, 4.69) is 4.90 Å². The van der Waals surface area contributed by atoms with Crippen molar-refractivity contribution in [2.75, 3.05) is 27.2 Å². The van der Waals surface area contributed by atoms with Gasteiger partial charge in [0, 0.05) is 24.1 Å². The van der Waals surface area contributed by atoms with Crippen molar-refractivity contribution in [1.29, 1.82) is 0 Å². The first-order valence-corrected chi connectivity index (χ1v) is 8.71. The molecule has 0 aliphatic heterocycles. The average molecular weight is 351 g/mol. The minimum Gasteiger partial charge on any atom is -0.493 e. The van der Waals surface area contributed by atoms with Gasteiger partial charge in [-0.1, -0.05) is 18.2 Å². The van der Waals surface area contributed by atoms with Gasteiger partial charge in [0.15, 0.2) is 5.58 Å². The van der Waals surface area contributed by atoms with Gasteiger partial charge >= 0.3 is 5.63 Å². The van der Waals surface area contributed by atoms with E-state index in [1.54, 1.807) is 0 Å². The number of benzene rings is 2. The SMILES string of the molecule is Cc1cc(=O)oc2c1c(OCCCN(C)C)cc1oc3ccccc3c12. The maximum atomic E-state index is 12.0. The summed E-state index contributed by atoms with van der Waals surface area (Å²) in [7, 11) is 4.07. The molecule has 0 saturated carbocycles. The summed E-state index contributed by atoms with van der Waals surface area (Å²) in [5.41, 5.74) is 2.42. The number of fused-ring (bicyclic) bond motifs is 5. The molecule has 0 amide bonds. The first-order valence-electron chi connectivity index (χ1n) is 8.71. The molecule has 2 heterocycles. The lowest BCUT2D eigenvalue weighted by molar-refractivity contribution is 0.284. The molecular formula is C21H21NO4. The Labute approximate surface area is 150 Å². The largest absolute Gasteiger partial charge is 0.493 e. The maximum absolute atomic E-state index is 12.0. The Balaban J connectivity index is 1.93. The van der Waals surface area contributed by atoms with Crippen molar-refractivity contribution in [2.24, 2.45) is 0 Å². The Kier molecular flexibility index (Phi) is 4.17. The van der Waals surface area contributed by atoms with Crippen LogP contribution >= 0.6 is 0 Å². The summed E-state index contributed by atoms with van der Waals surface area (Å²) in [5, 5.41) is 2.57. The van der Waals surface area contributed by atoms with E-state index in [1.807, 2.05) is 51.4 Å². The summed E-state index contributed by atoms with van der Waals surface area (Å²) in [5.74, 6) is 0.687. The summed E-state index contributed by atoms with van der Waals surface area (Å²) in [4.78, 5) is 14.1. The Bertz CT molecular complexity index is 1150. The van der Waals surface area contributed by atoms with Gasteiger partial charge in [-0.05, 0) is 39.1 Å². The van der Waals surface area contributed by atoms with Crippen molar-refractivity contribution >= 4 is 32.9 Å². The number of nitrogens with zero attached hydrogens (tertiary/aromatic N) is 1. The number of hydrogen-bond donors (Lipinski definition) is 0. The highest BCUT2D eigenvalue weighted by Crippen LogP contribution is 2.40. The third kappa shape index (κ3) is 2.84. The van der Waals surface area contributed by atoms with Crippen LogP contribution in [0.3, 0.4) is 0 Å². The van der Waals surface area contributed by atoms with E-state index in [9.17, 15) is 4.79 Å². The van der Waals surface area contributed by atoms with Gasteiger partial charge in [-0.15, -0.1) is 0 Å². The fourth-order valence-electron chi connectivity index (χ4n) is 3.36. The molecule has 0 unspecified atom stereocenters. The van der Waals surface area contributed by atoms with Crippen LogP contribution in [0.2, 0.25) is 0 Å². The standard InChI is InChI=1S/C21H21NO4/c1-13-11-18(23)26-21-19(13)16(24-10-6-9-22(2)3)12-17-20(21)14-7-4-5-8-15(14)25-17/h4-5,7-8,11-12H,6,9-10H2,1-3H3. The molecule has 0 radical (unpaired) electrons. The summed E-state index contributed by atoms with van der Waals surface area (Å²) in [6, 6.07) is 11.2. The van der Waals surface area contributed by atoms with Gasteiger partial charge < -0.3 is 18.5 Å². The predicted molar refractivity (Wildman–Crippen MR) is 103 cm³/mol. The molecule has 0 aliphatic rings. The molecule has 2 aromatic carbocycles. The van der Waals surface area contributed by atoms with Crippen molar-refractivity contribution in [3.05, 3.63) is 52.4 Å². The van der Waals surface area contributed by atoms with Crippen molar-refractivity contribution in [3.63, 3.8) is 0 Å². The number of rotatable bonds is 5. The lowest BCUT2D eigenvalue weighted by Gasteiger charge is -2.13. The van der Waals surface area contributed by atoms with Crippen LogP contribution in [0.15, 0.2) is 50.0 Å². The molecular weight excluding hydrogens is 330 g/mol. The molecule has 0 fully saturated rings. The first-order chi connectivity index (χ1) is 12.5. The van der Waals surface area contributed by atoms with Crippen LogP contribution < -0.4 is 10.4 Å². The summed E-state index contributed by atoms with van der Waals surface area (Å²) in [6.07, 6.45) is 0.905. The third-order valence-corrected chi connectivity index (χ3v) is 4.52. The van der Waals surface area contributed by atoms with E-state index in [0.29, 0.717) is 23.5 Å². The topological polar surface area (TPSA) is 55.8 Å². The van der Waals surface area contributed by atoms with Crippen LogP contribution in [0, 0.1) is 6.92 Å². The summed E-state index contributed by atoms with van der Waals surface area (Å²) < 4.78 is 17.6. The lowest BCUT2D eigenvalue weighted by atomic mass is 10.1. The molecule has 0 saturated heterocycles. The number of furan rings is 1. The fourth-order valence-corrected chi connectivity index (χ4v) is 3.36. The Morgan fingerprint density at radius 1 is 1.04 bits per heavy atom. The zero-order valence-electron chi connectivity index (χ0n) is 15.2. The van der Waals surface area contributed by atoms with Crippen LogP contribution in [0.25, 0.3) is 32.9 Å². The van der Waals surface area contributed by atoms with Gasteiger partial charge in [0.2, 0.25) is 0 Å². The predicted octanol–water partition coefficient (Wildman–Crippen LogP) is 4.33. The summed E-state index contributed by atoms with van der Waals surface area (Å²) >= 11 is 0. The number of ether oxygens (including phenoxy) is 1. The van der Waals surface area contributed by atoms with E-state index in [4.69, 9.17) is 13.6 Å². The summed E-state index contributed by atoms with van der Waals surface area (Å²) in [6.45, 7) is 3.43. The molecule has 0 aliphatic carbocycles. The Hall–Kier alpha value is -2.79. The molecule has 0 atom stereocenters. The van der Waals surface area contributed by atoms with E-state index < -0.39 is 0 Å². The number of para-hydroxylation sites is 1. The second-order valence-corrected chi connectivity index (χ2v) is 6.80. The molecule has 4 rings (SSSR count). The monoisotopic (exact) mass is 351 g/mol. The van der Waals surface area contributed by atoms with E-state index in [1.165, 1.54) is 6.07 Å². The van der Waals surface area contributed by atoms with Crippen molar-refractivity contribution in [3.8, 4) is 5.75 Å². The number of aryl methyl sites for hydroxylation is 1. The van der Waals surface area contributed by atoms with Gasteiger partial charge in [-0.2, -0.15) is 0 Å². The Morgan fingerprint density at radius 2 is 1.85 bits per heavy atom. The fraction of sp³-hybridized carbons (Fsp3) is 0.286. The van der Waals surface area contributed by atoms with Crippen molar-refractivity contribution in [2.45, 2.75) is 13.3 Å². The normalized spacial score (nSPS) is 11.8. The van der Waals surface area contributed by atoms with Gasteiger partial charge in [0.25, 0.3) is 0 Å². The molecule has 0 bridgehead atoms. The average Bonchev–Trinajstić information content (AvgIpc) is 2.96. The van der Waals surface area contributed by atoms with E-state index in [-0.39, 0.29) is 5.63 Å². The van der Waals surface area contributed by atoms with Crippen LogP contribution in [-0.4, -0.2) is 32.1 Å². The first kappa shape index (κ1) is 16.7. The maximum Gasteiger partial charge on any atom is 0.336 e. The highest BCUT2D eigenvalue weighted by molar-refractivity contribution is 6.18. The molecule has 134 valence electrons. The van der Waals surface area contributed by atoms with Crippen LogP contribution in [0.1, 0.15) is 12.0 Å². The molecule has 2 aromatic heterocycles. The van der Waals surface area contributed by atoms with Crippen LogP contribution in [-0.2, 0) is 0 Å². The minimum absolute atomic E-state index is 0.369. The van der Waals surface area contributed by atoms with Crippen LogP contribution in [0.4, 0.5) is 0 Å². The zero-order valence-corrected chi connectivity index (χ0v) is 15.2. The molecule has 26 heavy (non-hydrogen) atoms. The molecule has 4 aromatic rings. The molecule has 0 N–H and O–H groups in total. The van der Waals surface area contributed by atoms with Gasteiger partial charge in [0.05, 0.1) is 17.4 Å². The van der Waals surface area contributed by atoms with Gasteiger partial charge in [-0.3, -0.25) is 0 Å². The number of hydrogen-bond acceptors (Lipinski definition) is 5.